The number of hydrogen-bond acceptors (Lipinski definition) is 3. The van der Waals surface area contributed by atoms with Crippen molar-refractivity contribution in [1.82, 2.24) is 9.55 Å². The predicted molar refractivity (Wildman–Crippen MR) is 43.3 cm³/mol. The normalized spacial score (nSPS) is 13.2. The summed E-state index contributed by atoms with van der Waals surface area (Å²) in [6, 6.07) is 0.951. The Hall–Kier alpha value is -1.50. The summed E-state index contributed by atoms with van der Waals surface area (Å²) in [4.78, 5) is 23.5. The van der Waals surface area contributed by atoms with Gasteiger partial charge in [-0.25, -0.2) is 13.6 Å². The summed E-state index contributed by atoms with van der Waals surface area (Å²) in [5.41, 5.74) is -1.76. The number of aromatic amines is 1. The zero-order valence-corrected chi connectivity index (χ0v) is 7.20. The second-order valence-corrected chi connectivity index (χ2v) is 2.70. The van der Waals surface area contributed by atoms with E-state index in [-0.39, 0.29) is 5.69 Å². The Labute approximate surface area is 76.6 Å². The van der Waals surface area contributed by atoms with Crippen molar-refractivity contribution in [1.29, 1.82) is 0 Å². The fraction of sp³-hybridized carbons (Fsp3) is 0.429. The van der Waals surface area contributed by atoms with Crippen LogP contribution in [0.5, 0.6) is 0 Å². The third-order valence-corrected chi connectivity index (χ3v) is 1.66. The molecule has 1 aromatic heterocycles. The number of halogens is 2. The number of H-pyrrole nitrogens is 1. The van der Waals surface area contributed by atoms with E-state index in [0.717, 1.165) is 6.07 Å². The van der Waals surface area contributed by atoms with E-state index in [1.54, 1.807) is 4.98 Å². The molecule has 78 valence electrons. The lowest BCUT2D eigenvalue weighted by atomic mass is 10.4. The van der Waals surface area contributed by atoms with Crippen molar-refractivity contribution in [3.8, 4) is 0 Å². The van der Waals surface area contributed by atoms with Gasteiger partial charge in [-0.05, 0) is 6.92 Å². The molecule has 0 fully saturated rings. The van der Waals surface area contributed by atoms with E-state index in [4.69, 9.17) is 5.11 Å². The fourth-order valence-corrected chi connectivity index (χ4v) is 1.06. The molecule has 0 aromatic carbocycles. The van der Waals surface area contributed by atoms with Crippen molar-refractivity contribution >= 4 is 0 Å². The first-order valence-corrected chi connectivity index (χ1v) is 3.72. The van der Waals surface area contributed by atoms with Crippen LogP contribution in [0.1, 0.15) is 11.9 Å². The number of aliphatic hydroxyl groups is 1. The largest absolute Gasteiger partial charge is 0.368 e. The summed E-state index contributed by atoms with van der Waals surface area (Å²) in [6.07, 6.45) is -5.32. The highest BCUT2D eigenvalue weighted by molar-refractivity contribution is 4.99. The minimum atomic E-state index is -3.09. The molecule has 0 aliphatic rings. The van der Waals surface area contributed by atoms with Gasteiger partial charge in [0.2, 0.25) is 0 Å². The molecule has 7 heteroatoms. The van der Waals surface area contributed by atoms with Gasteiger partial charge >= 0.3 is 5.69 Å². The topological polar surface area (TPSA) is 75.1 Å². The third-order valence-electron chi connectivity index (χ3n) is 1.66. The van der Waals surface area contributed by atoms with Crippen molar-refractivity contribution in [3.63, 3.8) is 0 Å². The average Bonchev–Trinajstić information content (AvgIpc) is 2.01. The Morgan fingerprint density at radius 1 is 1.50 bits per heavy atom. The SMILES string of the molecule is Cc1cc(=O)[nH]c(=O)n1C(O)C(F)F. The number of nitrogens with one attached hydrogen (secondary N) is 1. The van der Waals surface area contributed by atoms with E-state index in [9.17, 15) is 18.4 Å². The first-order valence-electron chi connectivity index (χ1n) is 3.72. The maximum atomic E-state index is 12.1. The Morgan fingerprint density at radius 2 is 2.07 bits per heavy atom. The average molecular weight is 206 g/mol. The molecule has 1 aromatic rings. The first kappa shape index (κ1) is 10.6. The van der Waals surface area contributed by atoms with E-state index < -0.39 is 23.9 Å². The lowest BCUT2D eigenvalue weighted by molar-refractivity contribution is -0.0542. The maximum Gasteiger partial charge on any atom is 0.330 e. The van der Waals surface area contributed by atoms with E-state index in [0.29, 0.717) is 4.57 Å². The number of aromatic nitrogens is 2. The standard InChI is InChI=1S/C7H8F2N2O3/c1-3-2-4(12)10-7(14)11(3)6(13)5(8)9/h2,5-6,13H,1H3,(H,10,12,14). The smallest absolute Gasteiger partial charge is 0.330 e. The minimum absolute atomic E-state index is 0.0217. The molecule has 1 heterocycles. The molecule has 0 aliphatic carbocycles. The van der Waals surface area contributed by atoms with Gasteiger partial charge in [-0.15, -0.1) is 0 Å². The number of hydrogen-bond donors (Lipinski definition) is 2. The number of rotatable bonds is 2. The van der Waals surface area contributed by atoms with Crippen LogP contribution in [0.15, 0.2) is 15.7 Å². The number of aliphatic hydroxyl groups excluding tert-OH is 1. The zero-order valence-electron chi connectivity index (χ0n) is 7.20. The van der Waals surface area contributed by atoms with Crippen molar-refractivity contribution in [2.24, 2.45) is 0 Å². The number of alkyl halides is 2. The van der Waals surface area contributed by atoms with Crippen molar-refractivity contribution in [2.45, 2.75) is 19.6 Å². The molecule has 1 rings (SSSR count). The van der Waals surface area contributed by atoms with Crippen LogP contribution >= 0.6 is 0 Å². The highest BCUT2D eigenvalue weighted by Gasteiger charge is 2.21. The van der Waals surface area contributed by atoms with Crippen LogP contribution in [0.4, 0.5) is 8.78 Å². The summed E-state index contributed by atoms with van der Waals surface area (Å²) in [6.45, 7) is 1.28. The number of aryl methyl sites for hydroxylation is 1. The molecule has 5 nitrogen and oxygen atoms in total. The lowest BCUT2D eigenvalue weighted by Crippen LogP contribution is -2.36. The van der Waals surface area contributed by atoms with E-state index in [1.165, 1.54) is 6.92 Å². The van der Waals surface area contributed by atoms with Gasteiger partial charge in [0.05, 0.1) is 0 Å². The van der Waals surface area contributed by atoms with Crippen LogP contribution in [0.25, 0.3) is 0 Å². The molecule has 0 aliphatic heterocycles. The highest BCUT2D eigenvalue weighted by atomic mass is 19.3. The molecule has 0 radical (unpaired) electrons. The van der Waals surface area contributed by atoms with Gasteiger partial charge in [0.15, 0.2) is 6.23 Å². The molecular formula is C7H8F2N2O3. The molecule has 14 heavy (non-hydrogen) atoms. The van der Waals surface area contributed by atoms with Crippen LogP contribution in [0.2, 0.25) is 0 Å². The van der Waals surface area contributed by atoms with Crippen LogP contribution in [-0.4, -0.2) is 21.1 Å². The summed E-state index contributed by atoms with van der Waals surface area (Å²) in [7, 11) is 0. The van der Waals surface area contributed by atoms with Crippen LogP contribution in [-0.2, 0) is 0 Å². The molecule has 0 amide bonds. The Bertz CT molecular complexity index is 437. The molecule has 1 atom stereocenters. The van der Waals surface area contributed by atoms with E-state index in [1.807, 2.05) is 0 Å². The van der Waals surface area contributed by atoms with Crippen LogP contribution in [0.3, 0.4) is 0 Å². The van der Waals surface area contributed by atoms with Crippen LogP contribution < -0.4 is 11.2 Å². The van der Waals surface area contributed by atoms with Gasteiger partial charge in [-0.1, -0.05) is 0 Å². The third kappa shape index (κ3) is 1.87. The van der Waals surface area contributed by atoms with Gasteiger partial charge < -0.3 is 5.11 Å². The second-order valence-electron chi connectivity index (χ2n) is 2.70. The van der Waals surface area contributed by atoms with Crippen molar-refractivity contribution < 1.29 is 13.9 Å². The molecule has 0 saturated carbocycles. The first-order chi connectivity index (χ1) is 6.43. The summed E-state index contributed by atoms with van der Waals surface area (Å²) in [5, 5.41) is 8.94. The predicted octanol–water partition coefficient (Wildman–Crippen LogP) is -0.399. The fourth-order valence-electron chi connectivity index (χ4n) is 1.06. The second kappa shape index (κ2) is 3.70. The molecule has 0 spiro atoms. The Morgan fingerprint density at radius 3 is 2.50 bits per heavy atom. The van der Waals surface area contributed by atoms with Crippen LogP contribution in [0, 0.1) is 6.92 Å². The Kier molecular flexibility index (Phi) is 2.80. The van der Waals surface area contributed by atoms with E-state index in [2.05, 4.69) is 0 Å². The monoisotopic (exact) mass is 206 g/mol. The van der Waals surface area contributed by atoms with Gasteiger partial charge in [0.1, 0.15) is 0 Å². The van der Waals surface area contributed by atoms with Gasteiger partial charge in [-0.3, -0.25) is 14.3 Å². The van der Waals surface area contributed by atoms with E-state index >= 15 is 0 Å². The molecule has 0 bridgehead atoms. The highest BCUT2D eigenvalue weighted by Crippen LogP contribution is 2.11. The maximum absolute atomic E-state index is 12.1. The molecular weight excluding hydrogens is 198 g/mol. The Balaban J connectivity index is 3.35. The zero-order chi connectivity index (χ0) is 10.9. The number of nitrogens with zero attached hydrogens (tertiary/aromatic N) is 1. The van der Waals surface area contributed by atoms with Crippen molar-refractivity contribution in [3.05, 3.63) is 32.6 Å². The summed E-state index contributed by atoms with van der Waals surface area (Å²) >= 11 is 0. The quantitative estimate of drug-likeness (QED) is 0.691. The molecule has 1 unspecified atom stereocenters. The lowest BCUT2D eigenvalue weighted by Gasteiger charge is -2.14. The van der Waals surface area contributed by atoms with Crippen molar-refractivity contribution in [2.75, 3.05) is 0 Å². The van der Waals surface area contributed by atoms with Gasteiger partial charge in [0, 0.05) is 11.8 Å². The summed E-state index contributed by atoms with van der Waals surface area (Å²) in [5.74, 6) is 0. The van der Waals surface area contributed by atoms with Gasteiger partial charge in [-0.2, -0.15) is 0 Å². The molecule has 0 saturated heterocycles. The summed E-state index contributed by atoms with van der Waals surface area (Å²) < 4.78 is 24.6. The minimum Gasteiger partial charge on any atom is -0.368 e. The molecule has 2 N–H and O–H groups in total. The van der Waals surface area contributed by atoms with Gasteiger partial charge in [0.25, 0.3) is 12.0 Å².